The highest BCUT2D eigenvalue weighted by Gasteiger charge is 2.19. The molecule has 0 spiro atoms. The molecule has 0 aromatic heterocycles. The smallest absolute Gasteiger partial charge is 0.379 e. The number of benzene rings is 2. The van der Waals surface area contributed by atoms with Crippen molar-refractivity contribution < 1.29 is 47.2 Å². The lowest BCUT2D eigenvalue weighted by atomic mass is 10.1. The maximum absolute atomic E-state index is 14.2. The van der Waals surface area contributed by atoms with Crippen LogP contribution < -0.4 is 16.0 Å². The number of hydrogen-bond donors (Lipinski definition) is 5. The summed E-state index contributed by atoms with van der Waals surface area (Å²) in [6.07, 6.45) is 1.75. The third-order valence-electron chi connectivity index (χ3n) is 5.10. The summed E-state index contributed by atoms with van der Waals surface area (Å²) in [5.41, 5.74) is 10.2. The summed E-state index contributed by atoms with van der Waals surface area (Å²) in [5.74, 6) is -2.55. The zero-order valence-electron chi connectivity index (χ0n) is 25.5. The minimum atomic E-state index is -3.67. The van der Waals surface area contributed by atoms with Crippen LogP contribution in [0.15, 0.2) is 35.8 Å². The van der Waals surface area contributed by atoms with E-state index in [0.717, 1.165) is 31.0 Å². The molecule has 43 heavy (non-hydrogen) atoms. The zero-order chi connectivity index (χ0) is 34.1. The predicted molar refractivity (Wildman–Crippen MR) is 164 cm³/mol. The second-order valence-electron chi connectivity index (χ2n) is 7.64. The van der Waals surface area contributed by atoms with E-state index in [1.807, 2.05) is 37.8 Å². The van der Waals surface area contributed by atoms with E-state index in [0.29, 0.717) is 43.2 Å². The Balaban J connectivity index is -0.000000615. The fourth-order valence-corrected chi connectivity index (χ4v) is 3.42. The van der Waals surface area contributed by atoms with Crippen LogP contribution in [-0.4, -0.2) is 87.7 Å². The second kappa shape index (κ2) is 25.7. The predicted octanol–water partition coefficient (Wildman–Crippen LogP) is 4.76. The lowest BCUT2D eigenvalue weighted by Crippen LogP contribution is -2.36. The van der Waals surface area contributed by atoms with E-state index in [-0.39, 0.29) is 5.56 Å². The minimum Gasteiger partial charge on any atom is -0.480 e. The summed E-state index contributed by atoms with van der Waals surface area (Å²) >= 11 is 0. The molecule has 244 valence electrons. The first kappa shape index (κ1) is 43.4. The SMILES string of the molecule is C=Cc1c(C)ccc(N)c1N=C.CC.CO.CO.Cc1cc(N2CCOCC2)cc(F)c1C(=O)NCC(=O)O.FC(F)F. The van der Waals surface area contributed by atoms with Gasteiger partial charge in [0.05, 0.1) is 30.2 Å². The number of ether oxygens (including phenoxy) is 1. The van der Waals surface area contributed by atoms with Crippen molar-refractivity contribution in [2.75, 3.05) is 57.7 Å². The third kappa shape index (κ3) is 16.9. The number of carboxylic acids is 1. The van der Waals surface area contributed by atoms with Crippen molar-refractivity contribution in [3.05, 3.63) is 58.9 Å². The van der Waals surface area contributed by atoms with Crippen molar-refractivity contribution in [3.63, 3.8) is 0 Å². The molecule has 1 heterocycles. The normalized spacial score (nSPS) is 11.1. The Bertz CT molecular complexity index is 1060. The van der Waals surface area contributed by atoms with Crippen molar-refractivity contribution in [1.82, 2.24) is 5.32 Å². The van der Waals surface area contributed by atoms with Gasteiger partial charge in [-0.3, -0.25) is 14.6 Å². The molecule has 14 heteroatoms. The number of nitrogens with two attached hydrogens (primary N) is 1. The van der Waals surface area contributed by atoms with Gasteiger partial charge in [0, 0.05) is 38.6 Å². The monoisotopic (exact) mass is 620 g/mol. The number of aryl methyl sites for hydroxylation is 2. The maximum Gasteiger partial charge on any atom is 0.379 e. The van der Waals surface area contributed by atoms with Gasteiger partial charge in [-0.1, -0.05) is 32.6 Å². The number of amides is 1. The van der Waals surface area contributed by atoms with Crippen LogP contribution in [-0.2, 0) is 9.53 Å². The Kier molecular flexibility index (Phi) is 25.9. The molecule has 6 N–H and O–H groups in total. The van der Waals surface area contributed by atoms with Gasteiger partial charge in [-0.05, 0) is 49.9 Å². The molecule has 0 radical (unpaired) electrons. The topological polar surface area (TPSA) is 158 Å². The molecule has 1 amide bonds. The van der Waals surface area contributed by atoms with Crippen LogP contribution in [0, 0.1) is 19.7 Å². The van der Waals surface area contributed by atoms with E-state index in [1.165, 1.54) is 6.07 Å². The number of aliphatic hydroxyl groups is 2. The Labute approximate surface area is 250 Å². The van der Waals surface area contributed by atoms with E-state index >= 15 is 0 Å². The maximum atomic E-state index is 14.2. The number of nitrogens with zero attached hydrogens (tertiary/aromatic N) is 2. The molecular formula is C29H44F4N4O6. The number of aliphatic carboxylic acids is 1. The second-order valence-corrected chi connectivity index (χ2v) is 7.64. The molecule has 3 rings (SSSR count). The van der Waals surface area contributed by atoms with Crippen molar-refractivity contribution in [1.29, 1.82) is 0 Å². The van der Waals surface area contributed by atoms with Gasteiger partial charge in [-0.15, -0.1) is 0 Å². The summed E-state index contributed by atoms with van der Waals surface area (Å²) in [5, 5.41) is 24.7. The molecule has 0 bridgehead atoms. The lowest BCUT2D eigenvalue weighted by Gasteiger charge is -2.29. The first-order chi connectivity index (χ1) is 20.4. The number of nitrogens with one attached hydrogen (secondary N) is 1. The lowest BCUT2D eigenvalue weighted by molar-refractivity contribution is -0.135. The van der Waals surface area contributed by atoms with Gasteiger partial charge in [-0.2, -0.15) is 13.2 Å². The number of carboxylic acid groups (broad SMARTS) is 1. The van der Waals surface area contributed by atoms with E-state index in [2.05, 4.69) is 23.6 Å². The van der Waals surface area contributed by atoms with Crippen molar-refractivity contribution in [2.24, 2.45) is 4.99 Å². The highest BCUT2D eigenvalue weighted by atomic mass is 19.4. The Morgan fingerprint density at radius 3 is 2.00 bits per heavy atom. The molecule has 1 aliphatic rings. The van der Waals surface area contributed by atoms with Crippen LogP contribution in [0.25, 0.3) is 6.08 Å². The highest BCUT2D eigenvalue weighted by molar-refractivity contribution is 5.97. The number of halogens is 4. The summed E-state index contributed by atoms with van der Waals surface area (Å²) in [6, 6.07) is 6.80. The molecule has 1 aliphatic heterocycles. The van der Waals surface area contributed by atoms with E-state index < -0.39 is 30.9 Å². The summed E-state index contributed by atoms with van der Waals surface area (Å²) < 4.78 is 48.4. The highest BCUT2D eigenvalue weighted by Crippen LogP contribution is 2.29. The fourth-order valence-electron chi connectivity index (χ4n) is 3.42. The summed E-state index contributed by atoms with van der Waals surface area (Å²) in [6.45, 7) is 13.1. The number of morpholine rings is 1. The van der Waals surface area contributed by atoms with Crippen LogP contribution in [0.5, 0.6) is 0 Å². The Morgan fingerprint density at radius 2 is 1.60 bits per heavy atom. The Morgan fingerprint density at radius 1 is 1.09 bits per heavy atom. The van der Waals surface area contributed by atoms with E-state index in [1.54, 1.807) is 19.1 Å². The van der Waals surface area contributed by atoms with Gasteiger partial charge in [0.1, 0.15) is 12.4 Å². The van der Waals surface area contributed by atoms with Crippen LogP contribution in [0.1, 0.15) is 40.9 Å². The number of anilines is 2. The minimum absolute atomic E-state index is 0.117. The number of aliphatic hydroxyl groups excluding tert-OH is 2. The van der Waals surface area contributed by atoms with E-state index in [9.17, 15) is 27.2 Å². The molecule has 0 saturated carbocycles. The number of hydrogen-bond acceptors (Lipinski definition) is 8. The van der Waals surface area contributed by atoms with Crippen molar-refractivity contribution in [2.45, 2.75) is 34.4 Å². The van der Waals surface area contributed by atoms with Gasteiger partial charge < -0.3 is 36.0 Å². The molecule has 1 fully saturated rings. The van der Waals surface area contributed by atoms with Gasteiger partial charge in [0.25, 0.3) is 5.91 Å². The number of carbonyl (C=O) groups is 2. The zero-order valence-corrected chi connectivity index (χ0v) is 25.5. The molecule has 2 aromatic rings. The average molecular weight is 621 g/mol. The van der Waals surface area contributed by atoms with Gasteiger partial charge >= 0.3 is 12.6 Å². The molecule has 0 atom stereocenters. The van der Waals surface area contributed by atoms with Crippen LogP contribution in [0.3, 0.4) is 0 Å². The molecule has 1 saturated heterocycles. The standard InChI is InChI=1S/C14H17FN2O4.C10H12N2.C2H6.CHF3.2CH4O/c1-9-6-10(17-2-4-21-5-3-17)7-11(15)13(9)14(20)16-8-12(18)19;1-4-8-7(2)5-6-9(11)10(8)12-3;1-2;2-1(3)4;2*1-2/h6-7H,2-5,8H2,1H3,(H,16,20)(H,18,19);4-6H,1,3,11H2,2H3;1-2H3;1H;2*2H,1H3. The number of carbonyl (C=O) groups excluding carboxylic acids is 1. The van der Waals surface area contributed by atoms with Crippen molar-refractivity contribution in [3.8, 4) is 0 Å². The average Bonchev–Trinajstić information content (AvgIpc) is 3.00. The number of aliphatic imine (C=N–C) groups is 1. The molecule has 2 aromatic carbocycles. The Hall–Kier alpha value is -4.01. The number of rotatable bonds is 6. The van der Waals surface area contributed by atoms with Crippen LogP contribution >= 0.6 is 0 Å². The molecule has 10 nitrogen and oxygen atoms in total. The first-order valence-corrected chi connectivity index (χ1v) is 12.9. The largest absolute Gasteiger partial charge is 0.480 e. The fraction of sp³-hybridized carbons (Fsp3) is 0.414. The molecular weight excluding hydrogens is 576 g/mol. The summed E-state index contributed by atoms with van der Waals surface area (Å²) in [7, 11) is 2.00. The van der Waals surface area contributed by atoms with Gasteiger partial charge in [-0.25, -0.2) is 4.39 Å². The summed E-state index contributed by atoms with van der Waals surface area (Å²) in [4.78, 5) is 28.1. The van der Waals surface area contributed by atoms with Crippen LogP contribution in [0.4, 0.5) is 34.6 Å². The van der Waals surface area contributed by atoms with Crippen LogP contribution in [0.2, 0.25) is 0 Å². The quantitative estimate of drug-likeness (QED) is 0.176. The van der Waals surface area contributed by atoms with Crippen molar-refractivity contribution >= 4 is 41.7 Å². The van der Waals surface area contributed by atoms with Gasteiger partial charge in [0.15, 0.2) is 0 Å². The number of alkyl halides is 3. The first-order valence-electron chi connectivity index (χ1n) is 12.9. The molecule has 0 aliphatic carbocycles. The van der Waals surface area contributed by atoms with Gasteiger partial charge in [0.2, 0.25) is 0 Å². The van der Waals surface area contributed by atoms with E-state index in [4.69, 9.17) is 25.8 Å². The molecule has 0 unspecified atom stereocenters. The number of nitrogen functional groups attached to an aromatic ring is 1. The third-order valence-corrected chi connectivity index (χ3v) is 5.10.